The standard InChI is InChI=1S/C19H16O6S/c1-22-13-5-3-12(4-6-13)18(20)24-11-14-7-8-16(25-14)15-9-10-26-17(15)19(21)23-2/h3-10H,11H2,1-2H3. The van der Waals surface area contributed by atoms with Gasteiger partial charge in [-0.15, -0.1) is 11.3 Å². The molecular formula is C19H16O6S. The number of methoxy groups -OCH3 is 2. The Morgan fingerprint density at radius 1 is 1.00 bits per heavy atom. The maximum atomic E-state index is 12.1. The van der Waals surface area contributed by atoms with Crippen LogP contribution in [0.3, 0.4) is 0 Å². The summed E-state index contributed by atoms with van der Waals surface area (Å²) in [7, 11) is 2.89. The number of ether oxygens (including phenoxy) is 3. The van der Waals surface area contributed by atoms with Crippen LogP contribution in [0.15, 0.2) is 52.3 Å². The first-order valence-corrected chi connectivity index (χ1v) is 8.56. The van der Waals surface area contributed by atoms with Gasteiger partial charge in [-0.05, 0) is 47.8 Å². The molecule has 134 valence electrons. The molecule has 0 bridgehead atoms. The molecule has 0 radical (unpaired) electrons. The van der Waals surface area contributed by atoms with Gasteiger partial charge in [0.25, 0.3) is 0 Å². The largest absolute Gasteiger partial charge is 0.497 e. The van der Waals surface area contributed by atoms with Crippen LogP contribution in [0.4, 0.5) is 0 Å². The first-order chi connectivity index (χ1) is 12.6. The number of carbonyl (C=O) groups is 2. The van der Waals surface area contributed by atoms with E-state index in [0.29, 0.717) is 33.3 Å². The number of carbonyl (C=O) groups excluding carboxylic acids is 2. The minimum absolute atomic E-state index is 0.0114. The number of benzene rings is 1. The Hall–Kier alpha value is -3.06. The SMILES string of the molecule is COC(=O)c1sccc1-c1ccc(COC(=O)c2ccc(OC)cc2)o1. The van der Waals surface area contributed by atoms with Crippen LogP contribution < -0.4 is 4.74 Å². The molecule has 0 saturated carbocycles. The van der Waals surface area contributed by atoms with Gasteiger partial charge >= 0.3 is 11.9 Å². The van der Waals surface area contributed by atoms with Crippen LogP contribution in [-0.4, -0.2) is 26.2 Å². The van der Waals surface area contributed by atoms with Crippen molar-refractivity contribution in [2.24, 2.45) is 0 Å². The van der Waals surface area contributed by atoms with E-state index in [-0.39, 0.29) is 6.61 Å². The van der Waals surface area contributed by atoms with E-state index >= 15 is 0 Å². The third-order valence-corrected chi connectivity index (χ3v) is 4.53. The molecule has 0 unspecified atom stereocenters. The third kappa shape index (κ3) is 3.78. The number of rotatable bonds is 6. The molecule has 0 aliphatic carbocycles. The highest BCUT2D eigenvalue weighted by Gasteiger charge is 2.18. The zero-order valence-electron chi connectivity index (χ0n) is 14.2. The maximum absolute atomic E-state index is 12.1. The molecular weight excluding hydrogens is 356 g/mol. The Labute approximate surface area is 153 Å². The highest BCUT2D eigenvalue weighted by Crippen LogP contribution is 2.30. The van der Waals surface area contributed by atoms with Crippen LogP contribution >= 0.6 is 11.3 Å². The highest BCUT2D eigenvalue weighted by atomic mass is 32.1. The van der Waals surface area contributed by atoms with Crippen LogP contribution in [0.25, 0.3) is 11.3 Å². The van der Waals surface area contributed by atoms with Crippen LogP contribution in [0, 0.1) is 0 Å². The number of esters is 2. The summed E-state index contributed by atoms with van der Waals surface area (Å²) in [5.41, 5.74) is 1.07. The first kappa shape index (κ1) is 17.8. The molecule has 3 aromatic rings. The van der Waals surface area contributed by atoms with Gasteiger partial charge in [-0.2, -0.15) is 0 Å². The molecule has 0 aliphatic heterocycles. The highest BCUT2D eigenvalue weighted by molar-refractivity contribution is 7.12. The van der Waals surface area contributed by atoms with Crippen molar-refractivity contribution in [2.45, 2.75) is 6.61 Å². The van der Waals surface area contributed by atoms with E-state index in [1.54, 1.807) is 55.0 Å². The Morgan fingerprint density at radius 2 is 1.77 bits per heavy atom. The summed E-state index contributed by atoms with van der Waals surface area (Å²) in [6, 6.07) is 11.8. The lowest BCUT2D eigenvalue weighted by Gasteiger charge is -2.04. The smallest absolute Gasteiger partial charge is 0.348 e. The van der Waals surface area contributed by atoms with Gasteiger partial charge in [0.05, 0.1) is 19.8 Å². The van der Waals surface area contributed by atoms with Crippen molar-refractivity contribution in [3.63, 3.8) is 0 Å². The zero-order valence-corrected chi connectivity index (χ0v) is 15.0. The third-order valence-electron chi connectivity index (χ3n) is 3.63. The summed E-state index contributed by atoms with van der Waals surface area (Å²) in [6.07, 6.45) is 0. The van der Waals surface area contributed by atoms with E-state index in [2.05, 4.69) is 0 Å². The van der Waals surface area contributed by atoms with Gasteiger partial charge in [0, 0.05) is 5.56 Å². The Kier molecular flexibility index (Phi) is 5.38. The van der Waals surface area contributed by atoms with Crippen molar-refractivity contribution in [2.75, 3.05) is 14.2 Å². The van der Waals surface area contributed by atoms with E-state index in [0.717, 1.165) is 0 Å². The van der Waals surface area contributed by atoms with Crippen molar-refractivity contribution >= 4 is 23.3 Å². The Morgan fingerprint density at radius 3 is 2.46 bits per heavy atom. The Balaban J connectivity index is 1.66. The molecule has 7 heteroatoms. The molecule has 0 saturated heterocycles. The average Bonchev–Trinajstić information content (AvgIpc) is 3.34. The number of hydrogen-bond donors (Lipinski definition) is 0. The molecule has 0 aliphatic rings. The van der Waals surface area contributed by atoms with Crippen LogP contribution in [0.2, 0.25) is 0 Å². The normalized spacial score (nSPS) is 10.4. The molecule has 2 aromatic heterocycles. The molecule has 0 N–H and O–H groups in total. The van der Waals surface area contributed by atoms with Gasteiger partial charge in [0.2, 0.25) is 0 Å². The molecule has 3 rings (SSSR count). The predicted octanol–water partition coefficient (Wildman–Crippen LogP) is 4.16. The number of thiophene rings is 1. The van der Waals surface area contributed by atoms with Gasteiger partial charge in [-0.3, -0.25) is 0 Å². The van der Waals surface area contributed by atoms with Gasteiger partial charge in [-0.1, -0.05) is 0 Å². The average molecular weight is 372 g/mol. The van der Waals surface area contributed by atoms with E-state index in [9.17, 15) is 9.59 Å². The topological polar surface area (TPSA) is 75.0 Å². The Bertz CT molecular complexity index is 906. The monoisotopic (exact) mass is 372 g/mol. The van der Waals surface area contributed by atoms with E-state index in [1.165, 1.54) is 18.4 Å². The summed E-state index contributed by atoms with van der Waals surface area (Å²) in [5, 5.41) is 1.79. The molecule has 26 heavy (non-hydrogen) atoms. The van der Waals surface area contributed by atoms with Crippen molar-refractivity contribution in [1.82, 2.24) is 0 Å². The van der Waals surface area contributed by atoms with Crippen LogP contribution in [0.5, 0.6) is 5.75 Å². The molecule has 6 nitrogen and oxygen atoms in total. The van der Waals surface area contributed by atoms with Crippen LogP contribution in [0.1, 0.15) is 25.8 Å². The molecule has 2 heterocycles. The van der Waals surface area contributed by atoms with Crippen molar-refractivity contribution < 1.29 is 28.2 Å². The fourth-order valence-corrected chi connectivity index (χ4v) is 3.12. The molecule has 0 fully saturated rings. The summed E-state index contributed by atoms with van der Waals surface area (Å²) >= 11 is 1.27. The quantitative estimate of drug-likeness (QED) is 0.605. The summed E-state index contributed by atoms with van der Waals surface area (Å²) in [5.74, 6) is 0.774. The maximum Gasteiger partial charge on any atom is 0.348 e. The van der Waals surface area contributed by atoms with E-state index in [1.807, 2.05) is 0 Å². The molecule has 1 aromatic carbocycles. The lowest BCUT2D eigenvalue weighted by molar-refractivity contribution is 0.0446. The second-order valence-electron chi connectivity index (χ2n) is 5.23. The van der Waals surface area contributed by atoms with Crippen LogP contribution in [-0.2, 0) is 16.1 Å². The predicted molar refractivity (Wildman–Crippen MR) is 95.5 cm³/mol. The van der Waals surface area contributed by atoms with E-state index in [4.69, 9.17) is 18.6 Å². The summed E-state index contributed by atoms with van der Waals surface area (Å²) < 4.78 is 20.8. The zero-order chi connectivity index (χ0) is 18.5. The van der Waals surface area contributed by atoms with E-state index < -0.39 is 11.9 Å². The lowest BCUT2D eigenvalue weighted by Crippen LogP contribution is -2.04. The summed E-state index contributed by atoms with van der Waals surface area (Å²) in [4.78, 5) is 24.3. The van der Waals surface area contributed by atoms with Crippen molar-refractivity contribution in [3.05, 3.63) is 64.0 Å². The minimum atomic E-state index is -0.462. The molecule has 0 spiro atoms. The number of furan rings is 1. The number of hydrogen-bond acceptors (Lipinski definition) is 7. The second kappa shape index (κ2) is 7.88. The fourth-order valence-electron chi connectivity index (χ4n) is 2.30. The van der Waals surface area contributed by atoms with Gasteiger partial charge in [-0.25, -0.2) is 9.59 Å². The van der Waals surface area contributed by atoms with Gasteiger partial charge in [0.1, 0.15) is 28.8 Å². The summed E-state index contributed by atoms with van der Waals surface area (Å²) in [6.45, 7) is -0.0114. The second-order valence-corrected chi connectivity index (χ2v) is 6.14. The van der Waals surface area contributed by atoms with Crippen molar-refractivity contribution in [3.8, 4) is 17.1 Å². The molecule has 0 amide bonds. The lowest BCUT2D eigenvalue weighted by atomic mass is 10.2. The fraction of sp³-hybridized carbons (Fsp3) is 0.158. The minimum Gasteiger partial charge on any atom is -0.497 e. The van der Waals surface area contributed by atoms with Gasteiger partial charge in [0.15, 0.2) is 0 Å². The molecule has 0 atom stereocenters. The van der Waals surface area contributed by atoms with Crippen molar-refractivity contribution in [1.29, 1.82) is 0 Å². The van der Waals surface area contributed by atoms with Gasteiger partial charge < -0.3 is 18.6 Å². The first-order valence-electron chi connectivity index (χ1n) is 7.68.